The van der Waals surface area contributed by atoms with Crippen molar-refractivity contribution < 1.29 is 9.21 Å². The molecule has 1 aromatic heterocycles. The maximum atomic E-state index is 12.3. The van der Waals surface area contributed by atoms with E-state index in [0.717, 1.165) is 14.5 Å². The Hall–Kier alpha value is -1.46. The summed E-state index contributed by atoms with van der Waals surface area (Å²) in [5.41, 5.74) is 2.09. The number of nitrogens with zero attached hydrogens (tertiary/aromatic N) is 1. The fourth-order valence-corrected chi connectivity index (χ4v) is 3.24. The smallest absolute Gasteiger partial charge is 0.203 e. The largest absolute Gasteiger partial charge is 0.440 e. The van der Waals surface area contributed by atoms with Gasteiger partial charge in [-0.3, -0.25) is 4.79 Å². The minimum absolute atomic E-state index is 0.0291. The lowest BCUT2D eigenvalue weighted by Gasteiger charge is -2.01. The van der Waals surface area contributed by atoms with Crippen molar-refractivity contribution in [1.82, 2.24) is 4.98 Å². The van der Waals surface area contributed by atoms with Crippen LogP contribution >= 0.6 is 31.9 Å². The first-order chi connectivity index (χ1) is 9.61. The Bertz CT molecular complexity index is 742. The number of fused-ring (bicyclic) bond motifs is 1. The van der Waals surface area contributed by atoms with E-state index in [1.54, 1.807) is 12.1 Å². The molecule has 3 aromatic rings. The molecule has 0 saturated heterocycles. The van der Waals surface area contributed by atoms with Crippen LogP contribution in [0, 0.1) is 0 Å². The fourth-order valence-electron chi connectivity index (χ4n) is 1.95. The van der Waals surface area contributed by atoms with Gasteiger partial charge >= 0.3 is 0 Å². The van der Waals surface area contributed by atoms with Crippen LogP contribution in [0.2, 0.25) is 0 Å². The molecule has 0 fully saturated rings. The Balaban J connectivity index is 1.88. The predicted molar refractivity (Wildman–Crippen MR) is 83.9 cm³/mol. The Morgan fingerprint density at radius 2 is 1.80 bits per heavy atom. The van der Waals surface area contributed by atoms with Gasteiger partial charge in [-0.1, -0.05) is 44.0 Å². The molecule has 0 unspecified atom stereocenters. The quantitative estimate of drug-likeness (QED) is 0.600. The summed E-state index contributed by atoms with van der Waals surface area (Å²) >= 11 is 6.75. The van der Waals surface area contributed by atoms with Crippen LogP contribution in [-0.2, 0) is 6.42 Å². The van der Waals surface area contributed by atoms with Gasteiger partial charge in [-0.15, -0.1) is 0 Å². The first-order valence-corrected chi connectivity index (χ1v) is 7.54. The molecule has 0 aliphatic rings. The zero-order valence-electron chi connectivity index (χ0n) is 10.3. The van der Waals surface area contributed by atoms with Gasteiger partial charge in [0.05, 0.1) is 6.42 Å². The summed E-state index contributed by atoms with van der Waals surface area (Å²) in [6.45, 7) is 0. The lowest BCUT2D eigenvalue weighted by atomic mass is 10.1. The number of aromatic nitrogens is 1. The van der Waals surface area contributed by atoms with Crippen LogP contribution in [-0.4, -0.2) is 10.8 Å². The normalized spacial score (nSPS) is 10.9. The number of Topliss-reactive ketones (excluding diaryl/α,β-unsaturated/α-hetero) is 1. The van der Waals surface area contributed by atoms with Crippen LogP contribution in [0.3, 0.4) is 0 Å². The number of rotatable bonds is 3. The van der Waals surface area contributed by atoms with Crippen LogP contribution in [0.25, 0.3) is 11.1 Å². The van der Waals surface area contributed by atoms with E-state index in [4.69, 9.17) is 4.42 Å². The summed E-state index contributed by atoms with van der Waals surface area (Å²) in [6, 6.07) is 12.9. The van der Waals surface area contributed by atoms with Gasteiger partial charge < -0.3 is 4.42 Å². The van der Waals surface area contributed by atoms with Crippen LogP contribution in [0.1, 0.15) is 16.2 Å². The summed E-state index contributed by atoms with van der Waals surface area (Å²) in [4.78, 5) is 16.6. The Labute approximate surface area is 132 Å². The number of hydrogen-bond donors (Lipinski definition) is 0. The molecule has 0 atom stereocenters. The second kappa shape index (κ2) is 5.50. The van der Waals surface area contributed by atoms with Crippen LogP contribution in [0.4, 0.5) is 0 Å². The summed E-state index contributed by atoms with van der Waals surface area (Å²) in [5, 5.41) is 0. The molecule has 3 rings (SSSR count). The molecule has 0 N–H and O–H groups in total. The van der Waals surface area contributed by atoms with Crippen molar-refractivity contribution in [2.45, 2.75) is 6.42 Å². The van der Waals surface area contributed by atoms with Crippen molar-refractivity contribution in [3.63, 3.8) is 0 Å². The molecule has 3 nitrogen and oxygen atoms in total. The summed E-state index contributed by atoms with van der Waals surface area (Å²) < 4.78 is 7.27. The molecule has 0 bridgehead atoms. The van der Waals surface area contributed by atoms with Crippen molar-refractivity contribution in [3.8, 4) is 0 Å². The SMILES string of the molecule is O=C(Cc1nc2ccccc2o1)c1cc(Br)cc(Br)c1. The third-order valence-corrected chi connectivity index (χ3v) is 3.75. The lowest BCUT2D eigenvalue weighted by molar-refractivity contribution is 0.0986. The molecular weight excluding hydrogens is 386 g/mol. The van der Waals surface area contributed by atoms with E-state index in [9.17, 15) is 4.79 Å². The van der Waals surface area contributed by atoms with Crippen molar-refractivity contribution in [2.75, 3.05) is 0 Å². The lowest BCUT2D eigenvalue weighted by Crippen LogP contribution is -2.03. The minimum atomic E-state index is -0.0291. The number of oxazole rings is 1. The van der Waals surface area contributed by atoms with E-state index in [2.05, 4.69) is 36.8 Å². The van der Waals surface area contributed by atoms with Gasteiger partial charge in [-0.05, 0) is 30.3 Å². The van der Waals surface area contributed by atoms with E-state index < -0.39 is 0 Å². The Morgan fingerprint density at radius 1 is 1.10 bits per heavy atom. The number of carbonyl (C=O) groups is 1. The fraction of sp³-hybridized carbons (Fsp3) is 0.0667. The molecule has 0 amide bonds. The number of carbonyl (C=O) groups excluding carboxylic acids is 1. The first-order valence-electron chi connectivity index (χ1n) is 5.95. The minimum Gasteiger partial charge on any atom is -0.440 e. The summed E-state index contributed by atoms with van der Waals surface area (Å²) in [7, 11) is 0. The van der Waals surface area contributed by atoms with Crippen LogP contribution < -0.4 is 0 Å². The van der Waals surface area contributed by atoms with Gasteiger partial charge in [-0.2, -0.15) is 0 Å². The van der Waals surface area contributed by atoms with Crippen molar-refractivity contribution in [1.29, 1.82) is 0 Å². The first kappa shape index (κ1) is 13.5. The van der Waals surface area contributed by atoms with E-state index in [0.29, 0.717) is 17.0 Å². The van der Waals surface area contributed by atoms with Gasteiger partial charge in [0.15, 0.2) is 11.4 Å². The van der Waals surface area contributed by atoms with Crippen LogP contribution in [0.5, 0.6) is 0 Å². The zero-order valence-corrected chi connectivity index (χ0v) is 13.4. The molecule has 2 aromatic carbocycles. The summed E-state index contributed by atoms with van der Waals surface area (Å²) in [5.74, 6) is 0.408. The monoisotopic (exact) mass is 393 g/mol. The van der Waals surface area contributed by atoms with Gasteiger partial charge in [0.1, 0.15) is 5.52 Å². The number of hydrogen-bond acceptors (Lipinski definition) is 3. The summed E-state index contributed by atoms with van der Waals surface area (Å²) in [6.07, 6.45) is 0.150. The average Bonchev–Trinajstić information content (AvgIpc) is 2.79. The molecule has 0 radical (unpaired) electrons. The molecular formula is C15H9Br2NO2. The van der Waals surface area contributed by atoms with E-state index in [1.165, 1.54) is 0 Å². The molecule has 0 spiro atoms. The highest BCUT2D eigenvalue weighted by atomic mass is 79.9. The van der Waals surface area contributed by atoms with Gasteiger partial charge in [0, 0.05) is 14.5 Å². The highest BCUT2D eigenvalue weighted by molar-refractivity contribution is 9.11. The highest BCUT2D eigenvalue weighted by Gasteiger charge is 2.13. The predicted octanol–water partition coefficient (Wildman–Crippen LogP) is 4.78. The number of ketones is 1. The molecule has 0 saturated carbocycles. The zero-order chi connectivity index (χ0) is 14.1. The second-order valence-corrected chi connectivity index (χ2v) is 6.16. The van der Waals surface area contributed by atoms with Crippen LogP contribution in [0.15, 0.2) is 55.8 Å². The van der Waals surface area contributed by atoms with E-state index in [-0.39, 0.29) is 12.2 Å². The molecule has 0 aliphatic carbocycles. The molecule has 100 valence electrons. The number of para-hydroxylation sites is 2. The van der Waals surface area contributed by atoms with Gasteiger partial charge in [0.2, 0.25) is 5.89 Å². The molecule has 0 aliphatic heterocycles. The average molecular weight is 395 g/mol. The molecule has 20 heavy (non-hydrogen) atoms. The number of benzene rings is 2. The topological polar surface area (TPSA) is 43.1 Å². The molecule has 1 heterocycles. The Morgan fingerprint density at radius 3 is 2.50 bits per heavy atom. The van der Waals surface area contributed by atoms with E-state index >= 15 is 0 Å². The standard InChI is InChI=1S/C15H9Br2NO2/c16-10-5-9(6-11(17)7-10)13(19)8-15-18-12-3-1-2-4-14(12)20-15/h1-7H,8H2. The third kappa shape index (κ3) is 2.83. The van der Waals surface area contributed by atoms with Crippen molar-refractivity contribution >= 4 is 48.7 Å². The maximum Gasteiger partial charge on any atom is 0.203 e. The maximum absolute atomic E-state index is 12.3. The van der Waals surface area contributed by atoms with Crippen molar-refractivity contribution in [2.24, 2.45) is 0 Å². The Kier molecular flexibility index (Phi) is 3.72. The number of halogens is 2. The third-order valence-electron chi connectivity index (χ3n) is 2.83. The van der Waals surface area contributed by atoms with Gasteiger partial charge in [-0.25, -0.2) is 4.98 Å². The molecule has 5 heteroatoms. The second-order valence-electron chi connectivity index (χ2n) is 4.33. The van der Waals surface area contributed by atoms with Crippen molar-refractivity contribution in [3.05, 3.63) is 62.9 Å². The highest BCUT2D eigenvalue weighted by Crippen LogP contribution is 2.22. The van der Waals surface area contributed by atoms with E-state index in [1.807, 2.05) is 30.3 Å². The van der Waals surface area contributed by atoms with Gasteiger partial charge in [0.25, 0.3) is 0 Å².